The number of carbonyl (C=O) groups excluding carboxylic acids is 2. The molecule has 1 aromatic carbocycles. The van der Waals surface area contributed by atoms with E-state index in [1.807, 2.05) is 0 Å². The van der Waals surface area contributed by atoms with Crippen LogP contribution in [0.1, 0.15) is 18.4 Å². The van der Waals surface area contributed by atoms with Crippen molar-refractivity contribution in [2.45, 2.75) is 19.1 Å². The first-order chi connectivity index (χ1) is 9.97. The van der Waals surface area contributed by atoms with Gasteiger partial charge >= 0.3 is 6.09 Å². The van der Waals surface area contributed by atoms with Crippen LogP contribution < -0.4 is 11.5 Å². The molecule has 1 aliphatic heterocycles. The molecule has 7 nitrogen and oxygen atoms in total. The molecule has 2 amide bonds. The quantitative estimate of drug-likeness (QED) is 0.436. The van der Waals surface area contributed by atoms with E-state index in [2.05, 4.69) is 0 Å². The van der Waals surface area contributed by atoms with E-state index in [0.717, 1.165) is 6.42 Å². The number of primary amides is 1. The van der Waals surface area contributed by atoms with E-state index in [0.29, 0.717) is 24.2 Å². The summed E-state index contributed by atoms with van der Waals surface area (Å²) in [4.78, 5) is 24.3. The van der Waals surface area contributed by atoms with E-state index in [4.69, 9.17) is 16.2 Å². The second kappa shape index (κ2) is 6.17. The molecule has 1 saturated heterocycles. The molecule has 0 spiro atoms. The van der Waals surface area contributed by atoms with E-state index in [9.17, 15) is 14.7 Å². The summed E-state index contributed by atoms with van der Waals surface area (Å²) in [5, 5.41) is 9.40. The first kappa shape index (κ1) is 14.7. The highest BCUT2D eigenvalue weighted by molar-refractivity contribution is 5.93. The van der Waals surface area contributed by atoms with E-state index in [-0.39, 0.29) is 11.7 Å². The number of nitrogen functional groups attached to an aromatic ring is 1. The van der Waals surface area contributed by atoms with E-state index in [1.54, 1.807) is 6.07 Å². The number of nitrogens with zero attached hydrogens (tertiary/aromatic N) is 1. The first-order valence-corrected chi connectivity index (χ1v) is 6.50. The fraction of sp³-hybridized carbons (Fsp3) is 0.286. The van der Waals surface area contributed by atoms with Crippen LogP contribution in [0.4, 0.5) is 10.5 Å². The van der Waals surface area contributed by atoms with Gasteiger partial charge in [0.2, 0.25) is 5.91 Å². The first-order valence-electron chi connectivity index (χ1n) is 6.50. The zero-order valence-corrected chi connectivity index (χ0v) is 11.4. The van der Waals surface area contributed by atoms with Crippen LogP contribution in [-0.2, 0) is 9.53 Å². The van der Waals surface area contributed by atoms with Gasteiger partial charge < -0.3 is 26.2 Å². The number of carbonyl (C=O) groups is 2. The maximum Gasteiger partial charge on any atom is 0.406 e. The third-order valence-corrected chi connectivity index (χ3v) is 3.21. The number of aromatic hydroxyl groups is 1. The summed E-state index contributed by atoms with van der Waals surface area (Å²) in [5.74, 6) is -0.242. The Morgan fingerprint density at radius 2 is 2.19 bits per heavy atom. The Morgan fingerprint density at radius 3 is 2.90 bits per heavy atom. The molecule has 7 heteroatoms. The van der Waals surface area contributed by atoms with Crippen LogP contribution in [0.25, 0.3) is 6.08 Å². The SMILES string of the molecule is NC(=O)OC1CCCN1C(=O)C=Cc1cc(O)ccc1N. The van der Waals surface area contributed by atoms with Gasteiger partial charge in [-0.25, -0.2) is 4.79 Å². The molecule has 1 heterocycles. The van der Waals surface area contributed by atoms with Crippen molar-refractivity contribution in [3.8, 4) is 5.75 Å². The van der Waals surface area contributed by atoms with Gasteiger partial charge in [0, 0.05) is 30.3 Å². The molecule has 1 atom stereocenters. The average Bonchev–Trinajstić information content (AvgIpc) is 2.86. The number of rotatable bonds is 3. The molecule has 1 fully saturated rings. The number of amides is 2. The molecule has 0 aliphatic carbocycles. The lowest BCUT2D eigenvalue weighted by atomic mass is 10.1. The smallest absolute Gasteiger partial charge is 0.406 e. The topological polar surface area (TPSA) is 119 Å². The van der Waals surface area contributed by atoms with Crippen LogP contribution in [-0.4, -0.2) is 34.8 Å². The molecule has 5 N–H and O–H groups in total. The fourth-order valence-electron chi connectivity index (χ4n) is 2.21. The highest BCUT2D eigenvalue weighted by Crippen LogP contribution is 2.21. The number of phenolic OH excluding ortho intramolecular Hbond substituents is 1. The molecule has 1 aliphatic rings. The molecule has 1 unspecified atom stereocenters. The van der Waals surface area contributed by atoms with Gasteiger partial charge in [-0.05, 0) is 30.7 Å². The molecule has 2 rings (SSSR count). The average molecular weight is 291 g/mol. The van der Waals surface area contributed by atoms with Crippen molar-refractivity contribution in [1.29, 1.82) is 0 Å². The zero-order valence-electron chi connectivity index (χ0n) is 11.4. The highest BCUT2D eigenvalue weighted by Gasteiger charge is 2.29. The predicted octanol–water partition coefficient (Wildman–Crippen LogP) is 1.03. The largest absolute Gasteiger partial charge is 0.508 e. The second-order valence-electron chi connectivity index (χ2n) is 4.71. The van der Waals surface area contributed by atoms with E-state index < -0.39 is 12.3 Å². The normalized spacial score (nSPS) is 18.1. The Bertz CT molecular complexity index is 586. The number of benzene rings is 1. The third kappa shape index (κ3) is 3.65. The molecule has 0 bridgehead atoms. The van der Waals surface area contributed by atoms with Gasteiger partial charge in [0.05, 0.1) is 0 Å². The summed E-state index contributed by atoms with van der Waals surface area (Å²) >= 11 is 0. The number of hydrogen-bond donors (Lipinski definition) is 3. The molecule has 0 saturated carbocycles. The molecular weight excluding hydrogens is 274 g/mol. The number of ether oxygens (including phenoxy) is 1. The summed E-state index contributed by atoms with van der Waals surface area (Å²) in [6, 6.07) is 4.47. The fourth-order valence-corrected chi connectivity index (χ4v) is 2.21. The van der Waals surface area contributed by atoms with Gasteiger partial charge in [-0.3, -0.25) is 4.79 Å². The molecular formula is C14H17N3O4. The van der Waals surface area contributed by atoms with Crippen molar-refractivity contribution < 1.29 is 19.4 Å². The maximum atomic E-state index is 12.1. The standard InChI is InChI=1S/C14H17N3O4/c15-11-5-4-10(18)8-9(11)3-6-12(19)17-7-1-2-13(17)21-14(16)20/h3-6,8,13,18H,1-2,7,15H2,(H2,16,20). The van der Waals surface area contributed by atoms with Crippen LogP contribution >= 0.6 is 0 Å². The van der Waals surface area contributed by atoms with E-state index >= 15 is 0 Å². The minimum absolute atomic E-state index is 0.0624. The molecule has 21 heavy (non-hydrogen) atoms. The van der Waals surface area contributed by atoms with Crippen molar-refractivity contribution in [1.82, 2.24) is 4.90 Å². The van der Waals surface area contributed by atoms with Crippen LogP contribution in [0.2, 0.25) is 0 Å². The zero-order chi connectivity index (χ0) is 15.4. The molecule has 112 valence electrons. The van der Waals surface area contributed by atoms with Crippen molar-refractivity contribution in [3.05, 3.63) is 29.8 Å². The van der Waals surface area contributed by atoms with Gasteiger partial charge in [0.25, 0.3) is 0 Å². The van der Waals surface area contributed by atoms with E-state index in [1.165, 1.54) is 29.2 Å². The molecule has 0 radical (unpaired) electrons. The maximum absolute atomic E-state index is 12.1. The minimum atomic E-state index is -0.902. The molecule has 1 aromatic rings. The number of nitrogens with two attached hydrogens (primary N) is 2. The van der Waals surface area contributed by atoms with Crippen molar-refractivity contribution in [3.63, 3.8) is 0 Å². The van der Waals surface area contributed by atoms with Gasteiger partial charge in [0.1, 0.15) is 5.75 Å². The summed E-state index contributed by atoms with van der Waals surface area (Å²) in [7, 11) is 0. The van der Waals surface area contributed by atoms with Crippen molar-refractivity contribution in [2.75, 3.05) is 12.3 Å². The minimum Gasteiger partial charge on any atom is -0.508 e. The summed E-state index contributed by atoms with van der Waals surface area (Å²) in [6.45, 7) is 0.497. The lowest BCUT2D eigenvalue weighted by molar-refractivity contribution is -0.132. The number of likely N-dealkylation sites (tertiary alicyclic amines) is 1. The van der Waals surface area contributed by atoms with Crippen LogP contribution in [0.15, 0.2) is 24.3 Å². The lowest BCUT2D eigenvalue weighted by Gasteiger charge is -2.22. The van der Waals surface area contributed by atoms with Gasteiger partial charge in [-0.2, -0.15) is 0 Å². The van der Waals surface area contributed by atoms with Crippen LogP contribution in [0.5, 0.6) is 5.75 Å². The number of anilines is 1. The molecule has 0 aromatic heterocycles. The number of hydrogen-bond acceptors (Lipinski definition) is 5. The van der Waals surface area contributed by atoms with Crippen LogP contribution in [0.3, 0.4) is 0 Å². The monoisotopic (exact) mass is 291 g/mol. The van der Waals surface area contributed by atoms with Crippen molar-refractivity contribution in [2.24, 2.45) is 5.73 Å². The Kier molecular flexibility index (Phi) is 4.32. The Balaban J connectivity index is 2.08. The highest BCUT2D eigenvalue weighted by atomic mass is 16.6. The second-order valence-corrected chi connectivity index (χ2v) is 4.71. The third-order valence-electron chi connectivity index (χ3n) is 3.21. The summed E-state index contributed by atoms with van der Waals surface area (Å²) < 4.78 is 4.89. The summed E-state index contributed by atoms with van der Waals surface area (Å²) in [5.41, 5.74) is 11.7. The van der Waals surface area contributed by atoms with Gasteiger partial charge in [-0.15, -0.1) is 0 Å². The Labute approximate surface area is 121 Å². The predicted molar refractivity (Wildman–Crippen MR) is 77.0 cm³/mol. The Hall–Kier alpha value is -2.70. The van der Waals surface area contributed by atoms with Gasteiger partial charge in [-0.1, -0.05) is 0 Å². The number of phenols is 1. The van der Waals surface area contributed by atoms with Crippen LogP contribution in [0, 0.1) is 0 Å². The Morgan fingerprint density at radius 1 is 1.43 bits per heavy atom. The van der Waals surface area contributed by atoms with Crippen molar-refractivity contribution >= 4 is 23.8 Å². The summed E-state index contributed by atoms with van der Waals surface area (Å²) in [6.07, 6.45) is 2.62. The lowest BCUT2D eigenvalue weighted by Crippen LogP contribution is -2.38. The van der Waals surface area contributed by atoms with Gasteiger partial charge in [0.15, 0.2) is 6.23 Å².